The van der Waals surface area contributed by atoms with E-state index in [4.69, 9.17) is 0 Å². The Balaban J connectivity index is 2.13. The third kappa shape index (κ3) is 6.16. The Morgan fingerprint density at radius 3 is 2.47 bits per heavy atom. The number of nitro benzene ring substituents is 1. The number of nitrogens with one attached hydrogen (secondary N) is 1. The van der Waals surface area contributed by atoms with Gasteiger partial charge in [0.25, 0.3) is 11.6 Å². The van der Waals surface area contributed by atoms with Crippen LogP contribution in [0.1, 0.15) is 44.5 Å². The lowest BCUT2D eigenvalue weighted by Crippen LogP contribution is -2.41. The van der Waals surface area contributed by atoms with Gasteiger partial charge in [0.05, 0.1) is 11.5 Å². The Hall–Kier alpha value is -2.68. The van der Waals surface area contributed by atoms with E-state index in [-0.39, 0.29) is 29.1 Å². The second kappa shape index (κ2) is 10.9. The van der Waals surface area contributed by atoms with Gasteiger partial charge in [-0.15, -0.1) is 0 Å². The van der Waals surface area contributed by atoms with Crippen molar-refractivity contribution in [3.05, 3.63) is 33.9 Å². The van der Waals surface area contributed by atoms with Gasteiger partial charge in [-0.05, 0) is 46.2 Å². The van der Waals surface area contributed by atoms with Crippen LogP contribution in [0, 0.1) is 10.1 Å². The van der Waals surface area contributed by atoms with E-state index in [1.807, 2.05) is 37.5 Å². The molecule has 2 amide bonds. The van der Waals surface area contributed by atoms with Crippen LogP contribution in [0.3, 0.4) is 0 Å². The molecule has 0 aromatic heterocycles. The topological polar surface area (TPSA) is 99.0 Å². The number of likely N-dealkylation sites (N-methyl/N-ethyl adjacent to an activating group) is 1. The van der Waals surface area contributed by atoms with Gasteiger partial charge in [-0.3, -0.25) is 24.6 Å². The molecular formula is C21H33N5O4. The lowest BCUT2D eigenvalue weighted by atomic mass is 10.1. The second-order valence-corrected chi connectivity index (χ2v) is 7.77. The van der Waals surface area contributed by atoms with E-state index in [9.17, 15) is 19.7 Å². The fourth-order valence-electron chi connectivity index (χ4n) is 3.66. The van der Waals surface area contributed by atoms with Gasteiger partial charge in [-0.1, -0.05) is 0 Å². The van der Waals surface area contributed by atoms with Crippen molar-refractivity contribution in [3.63, 3.8) is 0 Å². The smallest absolute Gasteiger partial charge is 0.293 e. The summed E-state index contributed by atoms with van der Waals surface area (Å²) in [6.45, 7) is 12.0. The van der Waals surface area contributed by atoms with E-state index in [0.29, 0.717) is 45.0 Å². The van der Waals surface area contributed by atoms with Crippen LogP contribution >= 0.6 is 0 Å². The largest absolute Gasteiger partial charge is 0.365 e. The van der Waals surface area contributed by atoms with Crippen molar-refractivity contribution in [1.29, 1.82) is 0 Å². The second-order valence-electron chi connectivity index (χ2n) is 7.77. The minimum atomic E-state index is -0.436. The number of nitro groups is 1. The molecule has 1 heterocycles. The maximum atomic E-state index is 12.4. The molecule has 1 saturated heterocycles. The normalized spacial score (nSPS) is 15.0. The molecule has 1 aromatic rings. The fourth-order valence-corrected chi connectivity index (χ4v) is 3.66. The van der Waals surface area contributed by atoms with Crippen LogP contribution in [0.2, 0.25) is 0 Å². The number of carbonyl (C=O) groups excluding carboxylic acids is 2. The Kier molecular flexibility index (Phi) is 8.58. The Labute approximate surface area is 178 Å². The number of amides is 2. The molecule has 1 aliphatic rings. The summed E-state index contributed by atoms with van der Waals surface area (Å²) in [5.41, 5.74) is 0.720. The number of benzene rings is 1. The summed E-state index contributed by atoms with van der Waals surface area (Å²) < 4.78 is 0. The van der Waals surface area contributed by atoms with Crippen LogP contribution in [-0.4, -0.2) is 78.4 Å². The van der Waals surface area contributed by atoms with Gasteiger partial charge in [-0.2, -0.15) is 0 Å². The molecule has 0 saturated carbocycles. The van der Waals surface area contributed by atoms with E-state index in [1.54, 1.807) is 12.1 Å². The van der Waals surface area contributed by atoms with E-state index in [1.165, 1.54) is 6.07 Å². The zero-order chi connectivity index (χ0) is 22.3. The Bertz CT molecular complexity index is 764. The highest BCUT2D eigenvalue weighted by Gasteiger charge is 2.25. The molecule has 166 valence electrons. The number of hydrogen-bond acceptors (Lipinski definition) is 6. The van der Waals surface area contributed by atoms with E-state index in [0.717, 1.165) is 13.0 Å². The maximum Gasteiger partial charge on any atom is 0.293 e. The van der Waals surface area contributed by atoms with E-state index < -0.39 is 4.92 Å². The molecule has 1 fully saturated rings. The molecule has 2 rings (SSSR count). The Morgan fingerprint density at radius 1 is 1.17 bits per heavy atom. The molecular weight excluding hydrogens is 386 g/mol. The molecule has 9 nitrogen and oxygen atoms in total. The van der Waals surface area contributed by atoms with E-state index in [2.05, 4.69) is 10.2 Å². The van der Waals surface area contributed by atoms with Crippen LogP contribution in [0.15, 0.2) is 18.2 Å². The number of carbonyl (C=O) groups is 2. The van der Waals surface area contributed by atoms with Gasteiger partial charge in [0, 0.05) is 56.9 Å². The highest BCUT2D eigenvalue weighted by atomic mass is 16.6. The van der Waals surface area contributed by atoms with Crippen LogP contribution in [-0.2, 0) is 4.79 Å². The molecule has 0 spiro atoms. The van der Waals surface area contributed by atoms with Crippen molar-refractivity contribution in [2.75, 3.05) is 50.7 Å². The summed E-state index contributed by atoms with van der Waals surface area (Å²) in [5, 5.41) is 14.4. The number of rotatable bonds is 8. The first-order valence-electron chi connectivity index (χ1n) is 10.6. The van der Waals surface area contributed by atoms with Crippen molar-refractivity contribution in [1.82, 2.24) is 15.1 Å². The van der Waals surface area contributed by atoms with Crippen molar-refractivity contribution in [3.8, 4) is 0 Å². The minimum Gasteiger partial charge on any atom is -0.365 e. The van der Waals surface area contributed by atoms with Crippen molar-refractivity contribution >= 4 is 23.2 Å². The zero-order valence-corrected chi connectivity index (χ0v) is 18.4. The van der Waals surface area contributed by atoms with Crippen molar-refractivity contribution in [2.45, 2.75) is 40.2 Å². The SMILES string of the molecule is CCN(CC)C(=O)CN1CCCN(c2ccc(C(=O)NC(C)C)cc2[N+](=O)[O-])CC1. The summed E-state index contributed by atoms with van der Waals surface area (Å²) in [5.74, 6) is -0.212. The maximum absolute atomic E-state index is 12.4. The molecule has 0 atom stereocenters. The first-order valence-corrected chi connectivity index (χ1v) is 10.6. The summed E-state index contributed by atoms with van der Waals surface area (Å²) in [4.78, 5) is 41.8. The van der Waals surface area contributed by atoms with Gasteiger partial charge in [0.15, 0.2) is 0 Å². The summed E-state index contributed by atoms with van der Waals surface area (Å²) in [6.07, 6.45) is 0.804. The summed E-state index contributed by atoms with van der Waals surface area (Å²) in [6, 6.07) is 4.59. The van der Waals surface area contributed by atoms with Crippen LogP contribution in [0.5, 0.6) is 0 Å². The number of anilines is 1. The molecule has 30 heavy (non-hydrogen) atoms. The average Bonchev–Trinajstić information content (AvgIpc) is 2.93. The number of nitrogens with zero attached hydrogens (tertiary/aromatic N) is 4. The lowest BCUT2D eigenvalue weighted by molar-refractivity contribution is -0.384. The standard InChI is InChI=1S/C21H33N5O4/c1-5-24(6-2)20(27)15-23-10-7-11-25(13-12-23)18-9-8-17(14-19(18)26(29)30)21(28)22-16(3)4/h8-9,14,16H,5-7,10-13,15H2,1-4H3,(H,22,28). The molecule has 9 heteroatoms. The fraction of sp³-hybridized carbons (Fsp3) is 0.619. The van der Waals surface area contributed by atoms with Gasteiger partial charge in [-0.25, -0.2) is 0 Å². The van der Waals surface area contributed by atoms with Crippen LogP contribution in [0.25, 0.3) is 0 Å². The van der Waals surface area contributed by atoms with Crippen molar-refractivity contribution < 1.29 is 14.5 Å². The van der Waals surface area contributed by atoms with Crippen LogP contribution < -0.4 is 10.2 Å². The first-order chi connectivity index (χ1) is 14.3. The third-order valence-corrected chi connectivity index (χ3v) is 5.26. The molecule has 0 unspecified atom stereocenters. The highest BCUT2D eigenvalue weighted by molar-refractivity contribution is 5.96. The molecule has 1 aliphatic heterocycles. The van der Waals surface area contributed by atoms with Gasteiger partial charge >= 0.3 is 0 Å². The van der Waals surface area contributed by atoms with Gasteiger partial charge in [0.2, 0.25) is 5.91 Å². The summed E-state index contributed by atoms with van der Waals surface area (Å²) in [7, 11) is 0. The molecule has 1 aromatic carbocycles. The minimum absolute atomic E-state index is 0.0492. The predicted molar refractivity (Wildman–Crippen MR) is 117 cm³/mol. The zero-order valence-electron chi connectivity index (χ0n) is 18.4. The molecule has 0 bridgehead atoms. The summed E-state index contributed by atoms with van der Waals surface area (Å²) >= 11 is 0. The number of hydrogen-bond donors (Lipinski definition) is 1. The average molecular weight is 420 g/mol. The lowest BCUT2D eigenvalue weighted by Gasteiger charge is -2.25. The van der Waals surface area contributed by atoms with Gasteiger partial charge < -0.3 is 15.1 Å². The quantitative estimate of drug-likeness (QED) is 0.512. The Morgan fingerprint density at radius 2 is 1.87 bits per heavy atom. The molecule has 1 N–H and O–H groups in total. The van der Waals surface area contributed by atoms with Crippen molar-refractivity contribution in [2.24, 2.45) is 0 Å². The monoisotopic (exact) mass is 419 g/mol. The molecule has 0 aliphatic carbocycles. The third-order valence-electron chi connectivity index (χ3n) is 5.26. The van der Waals surface area contributed by atoms with E-state index >= 15 is 0 Å². The van der Waals surface area contributed by atoms with Crippen LogP contribution in [0.4, 0.5) is 11.4 Å². The van der Waals surface area contributed by atoms with Gasteiger partial charge in [0.1, 0.15) is 5.69 Å². The molecule has 0 radical (unpaired) electrons. The predicted octanol–water partition coefficient (Wildman–Crippen LogP) is 2.11. The first kappa shape index (κ1) is 23.6. The highest BCUT2D eigenvalue weighted by Crippen LogP contribution is 2.30.